The van der Waals surface area contributed by atoms with Crippen LogP contribution in [-0.2, 0) is 19.5 Å². The maximum atomic E-state index is 15.4. The van der Waals surface area contributed by atoms with Gasteiger partial charge in [0, 0.05) is 62.7 Å². The van der Waals surface area contributed by atoms with Crippen molar-refractivity contribution in [3.05, 3.63) is 51.1 Å². The summed E-state index contributed by atoms with van der Waals surface area (Å²) in [5.74, 6) is 0.0328. The standard InChI is InChI=1S/C27H35Cl2FN6O4S/c1-14-24(29)23(18(28)9-31-14)15(2)40-22-6-17-20(7-21(22)39-3)33-34-25(17)16-5-19(30)26(32-8-16)35-10-27(11-35)12-36(13-27)41(4,37)38/h5,8-9,15,17,20-22,25,33-34H,6-7,10-13H2,1-4H3/t15-,17?,20?,21?,22?,25?/m1/s1. The number of aromatic nitrogens is 2. The third-order valence-electron chi connectivity index (χ3n) is 9.09. The van der Waals surface area contributed by atoms with E-state index in [0.717, 1.165) is 5.56 Å². The lowest BCUT2D eigenvalue weighted by Gasteiger charge is -2.59. The second kappa shape index (κ2) is 10.8. The Bertz CT molecular complexity index is 1440. The summed E-state index contributed by atoms with van der Waals surface area (Å²) >= 11 is 13.0. The molecule has 5 heterocycles. The van der Waals surface area contributed by atoms with Crippen LogP contribution in [0.4, 0.5) is 10.2 Å². The number of hydrogen-bond donors (Lipinski definition) is 2. The van der Waals surface area contributed by atoms with Gasteiger partial charge in [-0.15, -0.1) is 0 Å². The van der Waals surface area contributed by atoms with E-state index >= 15 is 4.39 Å². The van der Waals surface area contributed by atoms with E-state index in [-0.39, 0.29) is 47.5 Å². The van der Waals surface area contributed by atoms with Gasteiger partial charge in [-0.25, -0.2) is 27.5 Å². The zero-order valence-corrected chi connectivity index (χ0v) is 25.7. The Balaban J connectivity index is 1.14. The molecule has 0 amide bonds. The van der Waals surface area contributed by atoms with Crippen molar-refractivity contribution in [1.82, 2.24) is 25.1 Å². The van der Waals surface area contributed by atoms with Crippen molar-refractivity contribution >= 4 is 39.0 Å². The highest BCUT2D eigenvalue weighted by Crippen LogP contribution is 2.45. The number of nitrogens with zero attached hydrogens (tertiary/aromatic N) is 4. The highest BCUT2D eigenvalue weighted by Gasteiger charge is 2.55. The molecular formula is C27H35Cl2FN6O4S. The van der Waals surface area contributed by atoms with Gasteiger partial charge < -0.3 is 14.4 Å². The summed E-state index contributed by atoms with van der Waals surface area (Å²) in [6.45, 7) is 5.90. The van der Waals surface area contributed by atoms with Crippen molar-refractivity contribution in [3.8, 4) is 0 Å². The van der Waals surface area contributed by atoms with Crippen molar-refractivity contribution in [2.24, 2.45) is 11.3 Å². The van der Waals surface area contributed by atoms with Gasteiger partial charge in [-0.1, -0.05) is 23.2 Å². The fourth-order valence-electron chi connectivity index (χ4n) is 6.90. The van der Waals surface area contributed by atoms with Gasteiger partial charge in [0.2, 0.25) is 10.0 Å². The summed E-state index contributed by atoms with van der Waals surface area (Å²) in [5.41, 5.74) is 8.77. The predicted octanol–water partition coefficient (Wildman–Crippen LogP) is 3.40. The molecule has 1 aliphatic carbocycles. The molecule has 10 nitrogen and oxygen atoms in total. The van der Waals surface area contributed by atoms with Crippen LogP contribution in [0.3, 0.4) is 0 Å². The first-order valence-corrected chi connectivity index (χ1v) is 16.3. The van der Waals surface area contributed by atoms with Gasteiger partial charge in [0.1, 0.15) is 0 Å². The Hall–Kier alpha value is -1.64. The molecule has 41 heavy (non-hydrogen) atoms. The maximum Gasteiger partial charge on any atom is 0.211 e. The summed E-state index contributed by atoms with van der Waals surface area (Å²) in [7, 11) is -1.50. The van der Waals surface area contributed by atoms with Crippen molar-refractivity contribution in [3.63, 3.8) is 0 Å². The number of anilines is 1. The molecule has 5 unspecified atom stereocenters. The monoisotopic (exact) mass is 628 g/mol. The highest BCUT2D eigenvalue weighted by atomic mass is 35.5. The Labute approximate surface area is 249 Å². The molecule has 6 atom stereocenters. The van der Waals surface area contributed by atoms with Crippen LogP contribution in [0, 0.1) is 24.1 Å². The van der Waals surface area contributed by atoms with Gasteiger partial charge in [0.15, 0.2) is 11.6 Å². The number of rotatable bonds is 7. The predicted molar refractivity (Wildman–Crippen MR) is 154 cm³/mol. The SMILES string of the molecule is COC1CC2NNC(c3cnc(N4CC5(C4)CN(S(C)(=O)=O)C5)c(F)c3)C2CC1O[C@H](C)c1c(Cl)cnc(C)c1Cl. The molecule has 0 aromatic carbocycles. The number of nitrogens with one attached hydrogen (secondary N) is 2. The third-order valence-corrected chi connectivity index (χ3v) is 11.1. The van der Waals surface area contributed by atoms with E-state index in [9.17, 15) is 8.42 Å². The molecule has 4 aliphatic rings. The van der Waals surface area contributed by atoms with Crippen molar-refractivity contribution in [2.45, 2.75) is 57.1 Å². The van der Waals surface area contributed by atoms with E-state index in [2.05, 4.69) is 20.8 Å². The molecular weight excluding hydrogens is 594 g/mol. The summed E-state index contributed by atoms with van der Waals surface area (Å²) in [4.78, 5) is 10.6. The number of ether oxygens (including phenoxy) is 2. The number of sulfonamides is 1. The first-order valence-electron chi connectivity index (χ1n) is 13.7. The van der Waals surface area contributed by atoms with E-state index in [1.54, 1.807) is 25.6 Å². The Kier molecular flexibility index (Phi) is 7.76. The van der Waals surface area contributed by atoms with Gasteiger partial charge >= 0.3 is 0 Å². The van der Waals surface area contributed by atoms with Crippen LogP contribution in [0.1, 0.15) is 48.7 Å². The van der Waals surface area contributed by atoms with Crippen LogP contribution >= 0.6 is 23.2 Å². The fraction of sp³-hybridized carbons (Fsp3) is 0.630. The number of hydrogen-bond acceptors (Lipinski definition) is 9. The molecule has 1 spiro atoms. The van der Waals surface area contributed by atoms with Crippen LogP contribution in [-0.4, -0.2) is 80.5 Å². The molecule has 1 saturated carbocycles. The molecule has 6 rings (SSSR count). The smallest absolute Gasteiger partial charge is 0.211 e. The topological polar surface area (TPSA) is 109 Å². The van der Waals surface area contributed by atoms with E-state index in [1.165, 1.54) is 10.6 Å². The minimum absolute atomic E-state index is 0.102. The Morgan fingerprint density at radius 1 is 1.12 bits per heavy atom. The molecule has 0 radical (unpaired) electrons. The molecule has 4 fully saturated rings. The average molecular weight is 630 g/mol. The largest absolute Gasteiger partial charge is 0.379 e. The molecule has 224 valence electrons. The summed E-state index contributed by atoms with van der Waals surface area (Å²) in [5, 5.41) is 0.951. The van der Waals surface area contributed by atoms with Gasteiger partial charge in [-0.2, -0.15) is 0 Å². The number of aryl methyl sites for hydroxylation is 1. The molecule has 3 aliphatic heterocycles. The Morgan fingerprint density at radius 2 is 1.85 bits per heavy atom. The Morgan fingerprint density at radius 3 is 2.51 bits per heavy atom. The number of methoxy groups -OCH3 is 1. The van der Waals surface area contributed by atoms with E-state index in [4.69, 9.17) is 32.7 Å². The molecule has 2 aromatic heterocycles. The highest BCUT2D eigenvalue weighted by molar-refractivity contribution is 7.88. The van der Waals surface area contributed by atoms with Gasteiger partial charge in [0.25, 0.3) is 0 Å². The first-order chi connectivity index (χ1) is 19.4. The number of halogens is 3. The average Bonchev–Trinajstić information content (AvgIpc) is 3.27. The number of fused-ring (bicyclic) bond motifs is 1. The van der Waals surface area contributed by atoms with Crippen LogP contribution in [0.2, 0.25) is 10.0 Å². The zero-order valence-electron chi connectivity index (χ0n) is 23.4. The van der Waals surface area contributed by atoms with Crippen molar-refractivity contribution in [2.75, 3.05) is 44.4 Å². The lowest BCUT2D eigenvalue weighted by Crippen LogP contribution is -2.73. The minimum atomic E-state index is -3.18. The number of hydrazine groups is 1. The van der Waals surface area contributed by atoms with Crippen molar-refractivity contribution in [1.29, 1.82) is 0 Å². The van der Waals surface area contributed by atoms with Gasteiger partial charge in [-0.3, -0.25) is 10.4 Å². The normalized spacial score (nSPS) is 30.1. The molecule has 3 saturated heterocycles. The number of pyridine rings is 2. The molecule has 2 N–H and O–H groups in total. The van der Waals surface area contributed by atoms with E-state index in [0.29, 0.717) is 66.1 Å². The van der Waals surface area contributed by atoms with Crippen LogP contribution in [0.25, 0.3) is 0 Å². The van der Waals surface area contributed by atoms with Gasteiger partial charge in [-0.05, 0) is 44.2 Å². The van der Waals surface area contributed by atoms with Crippen LogP contribution in [0.5, 0.6) is 0 Å². The van der Waals surface area contributed by atoms with Gasteiger partial charge in [0.05, 0.1) is 46.3 Å². The maximum absolute atomic E-state index is 15.4. The summed E-state index contributed by atoms with van der Waals surface area (Å²) in [6.07, 6.45) is 5.17. The zero-order chi connectivity index (χ0) is 29.3. The second-order valence-electron chi connectivity index (χ2n) is 12.0. The van der Waals surface area contributed by atoms with Crippen molar-refractivity contribution < 1.29 is 22.3 Å². The third kappa shape index (κ3) is 5.35. The minimum Gasteiger partial charge on any atom is -0.379 e. The van der Waals surface area contributed by atoms with E-state index < -0.39 is 10.0 Å². The van der Waals surface area contributed by atoms with Crippen LogP contribution in [0.15, 0.2) is 18.5 Å². The first kappa shape index (κ1) is 29.4. The molecule has 0 bridgehead atoms. The lowest BCUT2D eigenvalue weighted by molar-refractivity contribution is -0.117. The van der Waals surface area contributed by atoms with E-state index in [1.807, 2.05) is 18.7 Å². The lowest BCUT2D eigenvalue weighted by atomic mass is 9.74. The molecule has 2 aromatic rings. The second-order valence-corrected chi connectivity index (χ2v) is 14.7. The molecule has 14 heteroatoms. The fourth-order valence-corrected chi connectivity index (χ4v) is 8.57. The quantitative estimate of drug-likeness (QED) is 0.477. The van der Waals surface area contributed by atoms with Crippen LogP contribution < -0.4 is 15.8 Å². The summed E-state index contributed by atoms with van der Waals surface area (Å²) in [6, 6.07) is 1.51. The summed E-state index contributed by atoms with van der Waals surface area (Å²) < 4.78 is 52.6.